The van der Waals surface area contributed by atoms with E-state index in [4.69, 9.17) is 11.6 Å². The molecular formula is C22H23ClN4O2S. The van der Waals surface area contributed by atoms with Gasteiger partial charge in [0.1, 0.15) is 5.01 Å². The molecule has 1 atom stereocenters. The van der Waals surface area contributed by atoms with E-state index in [0.717, 1.165) is 12.8 Å². The lowest BCUT2D eigenvalue weighted by atomic mass is 10.1. The van der Waals surface area contributed by atoms with E-state index in [-0.39, 0.29) is 22.9 Å². The van der Waals surface area contributed by atoms with E-state index in [1.54, 1.807) is 24.3 Å². The first kappa shape index (κ1) is 21.9. The third-order valence-corrected chi connectivity index (χ3v) is 5.64. The number of rotatable bonds is 9. The van der Waals surface area contributed by atoms with Gasteiger partial charge in [-0.15, -0.1) is 10.2 Å². The quantitative estimate of drug-likeness (QED) is 0.510. The minimum atomic E-state index is -0.347. The van der Waals surface area contributed by atoms with Crippen molar-refractivity contribution in [1.29, 1.82) is 0 Å². The molecule has 8 heteroatoms. The number of hydrogen-bond acceptors (Lipinski definition) is 5. The number of halogens is 1. The summed E-state index contributed by atoms with van der Waals surface area (Å²) in [6.45, 7) is 2.00. The summed E-state index contributed by atoms with van der Waals surface area (Å²) in [4.78, 5) is 24.5. The molecule has 0 aliphatic carbocycles. The summed E-state index contributed by atoms with van der Waals surface area (Å²) >= 11 is 7.11. The fraction of sp³-hybridized carbons (Fsp3) is 0.273. The van der Waals surface area contributed by atoms with E-state index < -0.39 is 0 Å². The van der Waals surface area contributed by atoms with Gasteiger partial charge in [-0.3, -0.25) is 9.59 Å². The van der Waals surface area contributed by atoms with Crippen LogP contribution in [0.2, 0.25) is 5.02 Å². The maximum Gasteiger partial charge on any atom is 0.286 e. The first-order valence-corrected chi connectivity index (χ1v) is 10.9. The van der Waals surface area contributed by atoms with Gasteiger partial charge in [-0.1, -0.05) is 59.3 Å². The summed E-state index contributed by atoms with van der Waals surface area (Å²) in [7, 11) is 0. The van der Waals surface area contributed by atoms with Gasteiger partial charge in [0, 0.05) is 29.6 Å². The summed E-state index contributed by atoms with van der Waals surface area (Å²) < 4.78 is 0. The van der Waals surface area contributed by atoms with E-state index >= 15 is 0 Å². The Hall–Kier alpha value is -2.77. The average Bonchev–Trinajstić information content (AvgIpc) is 3.21. The lowest BCUT2D eigenvalue weighted by Gasteiger charge is -2.13. The zero-order valence-corrected chi connectivity index (χ0v) is 18.2. The molecule has 0 radical (unpaired) electrons. The summed E-state index contributed by atoms with van der Waals surface area (Å²) in [5.74, 6) is -0.379. The molecule has 2 N–H and O–H groups in total. The van der Waals surface area contributed by atoms with Crippen LogP contribution < -0.4 is 10.6 Å². The van der Waals surface area contributed by atoms with Crippen LogP contribution in [-0.2, 0) is 17.6 Å². The Kier molecular flexibility index (Phi) is 7.93. The largest absolute Gasteiger partial charge is 0.354 e. The van der Waals surface area contributed by atoms with Crippen LogP contribution >= 0.6 is 22.9 Å². The SMILES string of the molecule is C[C@@H](CCc1ccccc1)NC(=O)CCc1nnc(C(=O)Nc2cccc(Cl)c2)s1. The molecule has 0 saturated carbocycles. The van der Waals surface area contributed by atoms with Crippen LogP contribution in [0, 0.1) is 0 Å². The highest BCUT2D eigenvalue weighted by Crippen LogP contribution is 2.18. The molecular weight excluding hydrogens is 420 g/mol. The van der Waals surface area contributed by atoms with Crippen molar-refractivity contribution in [2.75, 3.05) is 5.32 Å². The molecule has 0 bridgehead atoms. The Morgan fingerprint density at radius 1 is 1.07 bits per heavy atom. The maximum atomic E-state index is 12.3. The van der Waals surface area contributed by atoms with E-state index in [1.165, 1.54) is 16.9 Å². The third-order valence-electron chi connectivity index (χ3n) is 4.43. The number of carbonyl (C=O) groups excluding carboxylic acids is 2. The molecule has 0 unspecified atom stereocenters. The Morgan fingerprint density at radius 3 is 2.63 bits per heavy atom. The Morgan fingerprint density at radius 2 is 1.87 bits per heavy atom. The van der Waals surface area contributed by atoms with Gasteiger partial charge in [0.05, 0.1) is 0 Å². The first-order chi connectivity index (χ1) is 14.5. The number of aromatic nitrogens is 2. The Bertz CT molecular complexity index is 994. The molecule has 30 heavy (non-hydrogen) atoms. The number of aryl methyl sites for hydroxylation is 2. The van der Waals surface area contributed by atoms with Crippen LogP contribution in [0.25, 0.3) is 0 Å². The molecule has 0 saturated heterocycles. The molecule has 2 amide bonds. The van der Waals surface area contributed by atoms with Gasteiger partial charge in [-0.2, -0.15) is 0 Å². The molecule has 6 nitrogen and oxygen atoms in total. The van der Waals surface area contributed by atoms with E-state index in [0.29, 0.717) is 28.6 Å². The van der Waals surface area contributed by atoms with Gasteiger partial charge in [0.25, 0.3) is 5.91 Å². The van der Waals surface area contributed by atoms with Crippen LogP contribution in [0.1, 0.15) is 40.1 Å². The monoisotopic (exact) mass is 442 g/mol. The smallest absolute Gasteiger partial charge is 0.286 e. The molecule has 3 rings (SSSR count). The van der Waals surface area contributed by atoms with E-state index in [2.05, 4.69) is 33.0 Å². The second-order valence-electron chi connectivity index (χ2n) is 6.96. The predicted molar refractivity (Wildman–Crippen MR) is 120 cm³/mol. The summed E-state index contributed by atoms with van der Waals surface area (Å²) in [5.41, 5.74) is 1.85. The molecule has 0 aliphatic rings. The van der Waals surface area contributed by atoms with Crippen LogP contribution in [0.4, 0.5) is 5.69 Å². The van der Waals surface area contributed by atoms with Crippen molar-refractivity contribution in [3.05, 3.63) is 75.2 Å². The molecule has 0 aliphatic heterocycles. The maximum absolute atomic E-state index is 12.3. The minimum absolute atomic E-state index is 0.0318. The standard InChI is InChI=1S/C22H23ClN4O2S/c1-15(10-11-16-6-3-2-4-7-16)24-19(28)12-13-20-26-27-22(30-20)21(29)25-18-9-5-8-17(23)14-18/h2-9,14-15H,10-13H2,1H3,(H,24,28)(H,25,29)/t15-/m0/s1. The Balaban J connectivity index is 1.42. The minimum Gasteiger partial charge on any atom is -0.354 e. The number of hydrogen-bond donors (Lipinski definition) is 2. The highest BCUT2D eigenvalue weighted by atomic mass is 35.5. The topological polar surface area (TPSA) is 84.0 Å². The predicted octanol–water partition coefficient (Wildman–Crippen LogP) is 4.51. The van der Waals surface area contributed by atoms with E-state index in [1.807, 2.05) is 25.1 Å². The number of anilines is 1. The van der Waals surface area contributed by atoms with Crippen molar-refractivity contribution in [3.63, 3.8) is 0 Å². The van der Waals surface area contributed by atoms with Crippen LogP contribution in [0.15, 0.2) is 54.6 Å². The highest BCUT2D eigenvalue weighted by molar-refractivity contribution is 7.13. The fourth-order valence-corrected chi connectivity index (χ4v) is 3.79. The normalized spacial score (nSPS) is 11.7. The molecule has 0 fully saturated rings. The first-order valence-electron chi connectivity index (χ1n) is 9.72. The molecule has 3 aromatic rings. The third kappa shape index (κ3) is 6.93. The summed E-state index contributed by atoms with van der Waals surface area (Å²) in [6.07, 6.45) is 2.55. The second-order valence-corrected chi connectivity index (χ2v) is 8.46. The van der Waals surface area contributed by atoms with Gasteiger partial charge in [-0.05, 0) is 43.5 Å². The lowest BCUT2D eigenvalue weighted by Crippen LogP contribution is -2.33. The van der Waals surface area contributed by atoms with Crippen LogP contribution in [0.3, 0.4) is 0 Å². The second kappa shape index (κ2) is 10.8. The zero-order valence-electron chi connectivity index (χ0n) is 16.6. The number of nitrogens with zero attached hydrogens (tertiary/aromatic N) is 2. The molecule has 2 aromatic carbocycles. The van der Waals surface area contributed by atoms with E-state index in [9.17, 15) is 9.59 Å². The van der Waals surface area contributed by atoms with Gasteiger partial charge in [-0.25, -0.2) is 0 Å². The number of carbonyl (C=O) groups is 2. The van der Waals surface area contributed by atoms with Crippen LogP contribution in [0.5, 0.6) is 0 Å². The molecule has 0 spiro atoms. The van der Waals surface area contributed by atoms with Crippen LogP contribution in [-0.4, -0.2) is 28.1 Å². The van der Waals surface area contributed by atoms with Gasteiger partial charge in [0.15, 0.2) is 0 Å². The van der Waals surface area contributed by atoms with Crippen molar-refractivity contribution < 1.29 is 9.59 Å². The zero-order chi connectivity index (χ0) is 21.3. The summed E-state index contributed by atoms with van der Waals surface area (Å²) in [6, 6.07) is 17.2. The fourth-order valence-electron chi connectivity index (χ4n) is 2.86. The number of amides is 2. The van der Waals surface area contributed by atoms with Crippen molar-refractivity contribution >= 4 is 40.4 Å². The lowest BCUT2D eigenvalue weighted by molar-refractivity contribution is -0.121. The van der Waals surface area contributed by atoms with Crippen molar-refractivity contribution in [3.8, 4) is 0 Å². The Labute approximate surface area is 184 Å². The van der Waals surface area contributed by atoms with Gasteiger partial charge < -0.3 is 10.6 Å². The molecule has 1 heterocycles. The molecule has 1 aromatic heterocycles. The summed E-state index contributed by atoms with van der Waals surface area (Å²) in [5, 5.41) is 15.1. The van der Waals surface area contributed by atoms with Gasteiger partial charge in [0.2, 0.25) is 10.9 Å². The highest BCUT2D eigenvalue weighted by Gasteiger charge is 2.15. The number of nitrogens with one attached hydrogen (secondary N) is 2. The van der Waals surface area contributed by atoms with Crippen molar-refractivity contribution in [1.82, 2.24) is 15.5 Å². The number of benzene rings is 2. The van der Waals surface area contributed by atoms with Crippen molar-refractivity contribution in [2.24, 2.45) is 0 Å². The van der Waals surface area contributed by atoms with Crippen molar-refractivity contribution in [2.45, 2.75) is 38.6 Å². The van der Waals surface area contributed by atoms with Gasteiger partial charge >= 0.3 is 0 Å². The molecule has 156 valence electrons. The average molecular weight is 443 g/mol.